The number of rotatable bonds is 5. The van der Waals surface area contributed by atoms with Crippen LogP contribution >= 0.6 is 11.6 Å². The van der Waals surface area contributed by atoms with Crippen LogP contribution < -0.4 is 10.2 Å². The van der Waals surface area contributed by atoms with Crippen LogP contribution in [0.25, 0.3) is 0 Å². The van der Waals surface area contributed by atoms with E-state index in [1.807, 2.05) is 4.90 Å². The number of nitrogens with one attached hydrogen (secondary N) is 1. The second kappa shape index (κ2) is 12.8. The van der Waals surface area contributed by atoms with E-state index in [1.54, 1.807) is 36.1 Å². The molecule has 2 aromatic rings. The molecule has 1 saturated heterocycles. The van der Waals surface area contributed by atoms with Crippen LogP contribution in [0.2, 0.25) is 5.02 Å². The van der Waals surface area contributed by atoms with Crippen molar-refractivity contribution >= 4 is 46.9 Å². The Morgan fingerprint density at radius 2 is 1.62 bits per heavy atom. The zero-order valence-corrected chi connectivity index (χ0v) is 20.2. The van der Waals surface area contributed by atoms with Gasteiger partial charge in [0.15, 0.2) is 0 Å². The van der Waals surface area contributed by atoms with Gasteiger partial charge >= 0.3 is 24.2 Å². The van der Waals surface area contributed by atoms with Gasteiger partial charge in [-0.25, -0.2) is 14.4 Å². The molecule has 2 aromatic carbocycles. The van der Waals surface area contributed by atoms with Gasteiger partial charge in [0.2, 0.25) is 0 Å². The standard InChI is InChI=1S/C21H22ClN3O5.C2HF3O2/c1-2-30-21(29)25-10-8-24(9-11-25)18-7-6-15(20(27)28)13-17(18)23-19(26)14-4-3-5-16(22)12-14;3-2(4,5)1(6)7/h3-7,12-13H,2,8-11H2,1H3,(H,23,26)(H,27,28);(H,6,7). The SMILES string of the molecule is CCOC(=O)N1CCN(c2ccc(C(=O)O)cc2NC(=O)c2cccc(Cl)c2)CC1.O=C(O)C(F)(F)F. The number of nitrogens with zero attached hydrogens (tertiary/aromatic N) is 2. The summed E-state index contributed by atoms with van der Waals surface area (Å²) in [6.07, 6.45) is -5.44. The average Bonchev–Trinajstić information content (AvgIpc) is 2.84. The lowest BCUT2D eigenvalue weighted by atomic mass is 10.1. The minimum absolute atomic E-state index is 0.0605. The third-order valence-corrected chi connectivity index (χ3v) is 5.20. The van der Waals surface area contributed by atoms with Crippen LogP contribution in [-0.2, 0) is 9.53 Å². The van der Waals surface area contributed by atoms with Crippen molar-refractivity contribution in [2.75, 3.05) is 43.0 Å². The number of amides is 2. The number of anilines is 2. The summed E-state index contributed by atoms with van der Waals surface area (Å²) in [5.74, 6) is -4.24. The molecule has 0 spiro atoms. The molecule has 2 amide bonds. The van der Waals surface area contributed by atoms with Gasteiger partial charge in [0, 0.05) is 36.8 Å². The smallest absolute Gasteiger partial charge is 0.478 e. The number of alkyl halides is 3. The second-order valence-corrected chi connectivity index (χ2v) is 7.91. The molecule has 3 N–H and O–H groups in total. The highest BCUT2D eigenvalue weighted by atomic mass is 35.5. The van der Waals surface area contributed by atoms with Crippen LogP contribution in [0.3, 0.4) is 0 Å². The summed E-state index contributed by atoms with van der Waals surface area (Å²) in [5, 5.41) is 19.7. The summed E-state index contributed by atoms with van der Waals surface area (Å²) in [4.78, 5) is 48.5. The Morgan fingerprint density at radius 1 is 1.00 bits per heavy atom. The van der Waals surface area contributed by atoms with Crippen LogP contribution in [0.1, 0.15) is 27.6 Å². The number of ether oxygens (including phenoxy) is 1. The summed E-state index contributed by atoms with van der Waals surface area (Å²) in [6.45, 7) is 4.03. The largest absolute Gasteiger partial charge is 0.490 e. The van der Waals surface area contributed by atoms with Crippen molar-refractivity contribution < 1.29 is 47.3 Å². The first-order valence-electron chi connectivity index (χ1n) is 10.7. The second-order valence-electron chi connectivity index (χ2n) is 7.48. The van der Waals surface area contributed by atoms with E-state index in [4.69, 9.17) is 26.2 Å². The molecule has 1 heterocycles. The van der Waals surface area contributed by atoms with Crippen LogP contribution in [0.5, 0.6) is 0 Å². The zero-order chi connectivity index (χ0) is 27.8. The lowest BCUT2D eigenvalue weighted by Gasteiger charge is -2.36. The number of piperazine rings is 1. The predicted octanol–water partition coefficient (Wildman–Crippen LogP) is 4.20. The van der Waals surface area contributed by atoms with Gasteiger partial charge in [0.05, 0.1) is 23.5 Å². The van der Waals surface area contributed by atoms with Crippen molar-refractivity contribution in [2.24, 2.45) is 0 Å². The highest BCUT2D eigenvalue weighted by Crippen LogP contribution is 2.29. The Labute approximate surface area is 214 Å². The molecular formula is C23H23ClF3N3O7. The van der Waals surface area contributed by atoms with Gasteiger partial charge in [-0.05, 0) is 43.3 Å². The summed E-state index contributed by atoms with van der Waals surface area (Å²) >= 11 is 5.96. The number of hydrogen-bond acceptors (Lipinski definition) is 6. The van der Waals surface area contributed by atoms with Gasteiger partial charge in [-0.2, -0.15) is 13.2 Å². The molecule has 0 unspecified atom stereocenters. The molecule has 1 fully saturated rings. The summed E-state index contributed by atoms with van der Waals surface area (Å²) in [5.41, 5.74) is 1.48. The number of aliphatic carboxylic acids is 1. The van der Waals surface area contributed by atoms with Crippen molar-refractivity contribution in [3.63, 3.8) is 0 Å². The van der Waals surface area contributed by atoms with E-state index in [1.165, 1.54) is 18.2 Å². The fourth-order valence-corrected chi connectivity index (χ4v) is 3.40. The molecule has 1 aliphatic rings. The van der Waals surface area contributed by atoms with Gasteiger partial charge in [0.25, 0.3) is 5.91 Å². The van der Waals surface area contributed by atoms with Gasteiger partial charge in [-0.15, -0.1) is 0 Å². The monoisotopic (exact) mass is 545 g/mol. The fourth-order valence-electron chi connectivity index (χ4n) is 3.21. The number of aromatic carboxylic acids is 1. The molecule has 10 nitrogen and oxygen atoms in total. The highest BCUT2D eigenvalue weighted by molar-refractivity contribution is 6.31. The highest BCUT2D eigenvalue weighted by Gasteiger charge is 2.38. The first-order valence-corrected chi connectivity index (χ1v) is 11.1. The van der Waals surface area contributed by atoms with E-state index in [-0.39, 0.29) is 11.7 Å². The molecule has 1 aliphatic heterocycles. The lowest BCUT2D eigenvalue weighted by Crippen LogP contribution is -2.49. The zero-order valence-electron chi connectivity index (χ0n) is 19.4. The molecule has 37 heavy (non-hydrogen) atoms. The van der Waals surface area contributed by atoms with Gasteiger partial charge < -0.3 is 30.1 Å². The third kappa shape index (κ3) is 8.56. The van der Waals surface area contributed by atoms with Crippen molar-refractivity contribution in [1.29, 1.82) is 0 Å². The number of carboxylic acid groups (broad SMARTS) is 2. The fraction of sp³-hybridized carbons (Fsp3) is 0.304. The number of carbonyl (C=O) groups is 4. The number of carboxylic acids is 2. The average molecular weight is 546 g/mol. The minimum Gasteiger partial charge on any atom is -0.478 e. The maximum Gasteiger partial charge on any atom is 0.490 e. The first-order chi connectivity index (χ1) is 17.3. The number of hydrogen-bond donors (Lipinski definition) is 3. The first kappa shape index (κ1) is 29.2. The topological polar surface area (TPSA) is 136 Å². The van der Waals surface area contributed by atoms with E-state index in [0.29, 0.717) is 54.7 Å². The van der Waals surface area contributed by atoms with E-state index in [2.05, 4.69) is 5.32 Å². The molecule has 0 saturated carbocycles. The Hall–Kier alpha value is -4.00. The molecule has 3 rings (SSSR count). The molecule has 0 atom stereocenters. The van der Waals surface area contributed by atoms with Crippen LogP contribution in [0, 0.1) is 0 Å². The summed E-state index contributed by atoms with van der Waals surface area (Å²) in [7, 11) is 0. The lowest BCUT2D eigenvalue weighted by molar-refractivity contribution is -0.192. The van der Waals surface area contributed by atoms with Crippen LogP contribution in [0.15, 0.2) is 42.5 Å². The third-order valence-electron chi connectivity index (χ3n) is 4.97. The maximum atomic E-state index is 12.7. The van der Waals surface area contributed by atoms with Gasteiger partial charge in [-0.3, -0.25) is 4.79 Å². The molecule has 0 radical (unpaired) electrons. The number of carbonyl (C=O) groups excluding carboxylic acids is 2. The quantitative estimate of drug-likeness (QED) is 0.508. The van der Waals surface area contributed by atoms with E-state index in [9.17, 15) is 32.7 Å². The van der Waals surface area contributed by atoms with Crippen LogP contribution in [-0.4, -0.2) is 78.0 Å². The Kier molecular flexibility index (Phi) is 10.1. The van der Waals surface area contributed by atoms with Crippen LogP contribution in [0.4, 0.5) is 29.3 Å². The maximum absolute atomic E-state index is 12.7. The van der Waals surface area contributed by atoms with E-state index < -0.39 is 24.0 Å². The number of halogens is 4. The molecule has 200 valence electrons. The molecule has 14 heteroatoms. The van der Waals surface area contributed by atoms with Gasteiger partial charge in [-0.1, -0.05) is 17.7 Å². The van der Waals surface area contributed by atoms with Crippen molar-refractivity contribution in [1.82, 2.24) is 4.90 Å². The van der Waals surface area contributed by atoms with Crippen molar-refractivity contribution in [3.05, 3.63) is 58.6 Å². The molecule has 0 bridgehead atoms. The molecule has 0 aliphatic carbocycles. The normalized spacial score (nSPS) is 13.2. The van der Waals surface area contributed by atoms with Gasteiger partial charge in [0.1, 0.15) is 0 Å². The number of benzene rings is 2. The Bertz CT molecular complexity index is 1150. The molecule has 0 aromatic heterocycles. The predicted molar refractivity (Wildman–Crippen MR) is 127 cm³/mol. The van der Waals surface area contributed by atoms with E-state index in [0.717, 1.165) is 0 Å². The molecular weight excluding hydrogens is 523 g/mol. The Morgan fingerprint density at radius 3 is 2.14 bits per heavy atom. The van der Waals surface area contributed by atoms with E-state index >= 15 is 0 Å². The summed E-state index contributed by atoms with van der Waals surface area (Å²) in [6, 6.07) is 11.1. The van der Waals surface area contributed by atoms with Crippen molar-refractivity contribution in [2.45, 2.75) is 13.1 Å². The Balaban J connectivity index is 0.000000604. The summed E-state index contributed by atoms with van der Waals surface area (Å²) < 4.78 is 36.8. The minimum atomic E-state index is -5.08. The van der Waals surface area contributed by atoms with Crippen molar-refractivity contribution in [3.8, 4) is 0 Å².